The number of hydrogen-bond donors (Lipinski definition) is 1. The van der Waals surface area contributed by atoms with Crippen LogP contribution >= 0.6 is 11.5 Å². The van der Waals surface area contributed by atoms with Crippen LogP contribution in [-0.4, -0.2) is 24.1 Å². The predicted molar refractivity (Wildman–Crippen MR) is 72.9 cm³/mol. The third kappa shape index (κ3) is 2.65. The van der Waals surface area contributed by atoms with E-state index in [1.165, 1.54) is 30.8 Å². The molecule has 1 saturated heterocycles. The molecule has 1 aromatic heterocycles. The summed E-state index contributed by atoms with van der Waals surface area (Å²) in [5.41, 5.74) is 5.85. The van der Waals surface area contributed by atoms with Gasteiger partial charge in [-0.2, -0.15) is 4.37 Å². The minimum Gasteiger partial charge on any atom is -0.487 e. The minimum atomic E-state index is 0.533. The first kappa shape index (κ1) is 12.5. The van der Waals surface area contributed by atoms with Gasteiger partial charge in [0.05, 0.1) is 6.61 Å². The summed E-state index contributed by atoms with van der Waals surface area (Å²) < 4.78 is 9.83. The maximum Gasteiger partial charge on any atom is 0.197 e. The normalized spacial score (nSPS) is 20.6. The zero-order valence-electron chi connectivity index (χ0n) is 10.6. The molecular formula is C12H21N3OS. The fourth-order valence-electron chi connectivity index (χ4n) is 2.35. The van der Waals surface area contributed by atoms with E-state index in [4.69, 9.17) is 10.5 Å². The van der Waals surface area contributed by atoms with Crippen LogP contribution in [0.15, 0.2) is 0 Å². The highest BCUT2D eigenvalue weighted by atomic mass is 32.1. The molecule has 1 aromatic rings. The van der Waals surface area contributed by atoms with Crippen molar-refractivity contribution in [3.8, 4) is 5.75 Å². The second kappa shape index (κ2) is 5.58. The third-order valence-corrected chi connectivity index (χ3v) is 4.23. The van der Waals surface area contributed by atoms with Crippen molar-refractivity contribution in [3.05, 3.63) is 0 Å². The molecule has 0 bridgehead atoms. The summed E-state index contributed by atoms with van der Waals surface area (Å²) >= 11 is 1.46. The van der Waals surface area contributed by atoms with E-state index >= 15 is 0 Å². The summed E-state index contributed by atoms with van der Waals surface area (Å²) in [7, 11) is 0. The maximum atomic E-state index is 5.85. The Morgan fingerprint density at radius 3 is 3.06 bits per heavy atom. The highest BCUT2D eigenvalue weighted by Crippen LogP contribution is 2.40. The Hall–Kier alpha value is -0.970. The third-order valence-electron chi connectivity index (χ3n) is 3.33. The van der Waals surface area contributed by atoms with Crippen molar-refractivity contribution in [3.63, 3.8) is 0 Å². The van der Waals surface area contributed by atoms with Crippen molar-refractivity contribution in [2.24, 2.45) is 5.92 Å². The van der Waals surface area contributed by atoms with Gasteiger partial charge < -0.3 is 15.4 Å². The van der Waals surface area contributed by atoms with Crippen LogP contribution in [0.2, 0.25) is 0 Å². The Kier molecular flexibility index (Phi) is 4.10. The van der Waals surface area contributed by atoms with Gasteiger partial charge in [-0.05, 0) is 37.2 Å². The molecule has 5 heteroatoms. The van der Waals surface area contributed by atoms with Crippen molar-refractivity contribution in [1.82, 2.24) is 4.37 Å². The first-order valence-corrected chi connectivity index (χ1v) is 7.16. The van der Waals surface area contributed by atoms with Gasteiger partial charge >= 0.3 is 0 Å². The zero-order valence-corrected chi connectivity index (χ0v) is 11.4. The van der Waals surface area contributed by atoms with Crippen molar-refractivity contribution in [1.29, 1.82) is 0 Å². The van der Waals surface area contributed by atoms with Crippen LogP contribution in [0, 0.1) is 5.92 Å². The van der Waals surface area contributed by atoms with Crippen molar-refractivity contribution in [2.75, 3.05) is 30.3 Å². The summed E-state index contributed by atoms with van der Waals surface area (Å²) in [6.07, 6.45) is 3.84. The van der Waals surface area contributed by atoms with E-state index in [0.29, 0.717) is 12.4 Å². The average Bonchev–Trinajstić information content (AvgIpc) is 2.72. The van der Waals surface area contributed by atoms with Crippen molar-refractivity contribution >= 4 is 22.4 Å². The lowest BCUT2D eigenvalue weighted by Gasteiger charge is -2.33. The lowest BCUT2D eigenvalue weighted by molar-refractivity contribution is 0.339. The molecule has 2 heterocycles. The molecule has 0 spiro atoms. The van der Waals surface area contributed by atoms with E-state index < -0.39 is 0 Å². The molecule has 0 aliphatic carbocycles. The number of rotatable bonds is 4. The quantitative estimate of drug-likeness (QED) is 0.899. The number of piperidine rings is 1. The van der Waals surface area contributed by atoms with Gasteiger partial charge in [-0.25, -0.2) is 0 Å². The summed E-state index contributed by atoms with van der Waals surface area (Å²) in [6.45, 7) is 7.08. The van der Waals surface area contributed by atoms with E-state index in [1.807, 2.05) is 6.92 Å². The van der Waals surface area contributed by atoms with Gasteiger partial charge in [-0.1, -0.05) is 13.3 Å². The second-order valence-corrected chi connectivity index (χ2v) is 5.25. The van der Waals surface area contributed by atoms with Crippen LogP contribution < -0.4 is 15.4 Å². The largest absolute Gasteiger partial charge is 0.487 e. The van der Waals surface area contributed by atoms with E-state index in [9.17, 15) is 0 Å². The van der Waals surface area contributed by atoms with Gasteiger partial charge in [0.15, 0.2) is 16.6 Å². The summed E-state index contributed by atoms with van der Waals surface area (Å²) in [4.78, 5) is 2.39. The Labute approximate surface area is 107 Å². The molecule has 0 aromatic carbocycles. The average molecular weight is 255 g/mol. The second-order valence-electron chi connectivity index (χ2n) is 4.50. The lowest BCUT2D eigenvalue weighted by Crippen LogP contribution is -2.34. The molecule has 4 nitrogen and oxygen atoms in total. The number of ether oxygens (including phenoxy) is 1. The lowest BCUT2D eigenvalue weighted by atomic mass is 9.96. The van der Waals surface area contributed by atoms with Gasteiger partial charge in [-0.3, -0.25) is 0 Å². The standard InChI is InChI=1S/C12H21N3OS/c1-3-9-6-5-7-15(8-9)12-10(16-4-2)11(13)14-17-12/h9H,3-8H2,1-2H3,(H2,13,14). The molecule has 1 atom stereocenters. The van der Waals surface area contributed by atoms with Crippen molar-refractivity contribution in [2.45, 2.75) is 33.1 Å². The van der Waals surface area contributed by atoms with Gasteiger partial charge in [0.2, 0.25) is 0 Å². The predicted octanol–water partition coefficient (Wildman–Crippen LogP) is 2.75. The highest BCUT2D eigenvalue weighted by Gasteiger charge is 2.24. The molecular weight excluding hydrogens is 234 g/mol. The van der Waals surface area contributed by atoms with Crippen LogP contribution in [0.1, 0.15) is 33.1 Å². The first-order valence-electron chi connectivity index (χ1n) is 6.39. The van der Waals surface area contributed by atoms with Gasteiger partial charge in [-0.15, -0.1) is 0 Å². The van der Waals surface area contributed by atoms with Crippen LogP contribution in [0.4, 0.5) is 10.8 Å². The summed E-state index contributed by atoms with van der Waals surface area (Å²) in [5.74, 6) is 2.11. The smallest absolute Gasteiger partial charge is 0.197 e. The summed E-state index contributed by atoms with van der Waals surface area (Å²) in [6, 6.07) is 0. The molecule has 0 saturated carbocycles. The van der Waals surface area contributed by atoms with Crippen LogP contribution in [-0.2, 0) is 0 Å². The number of nitrogens with two attached hydrogens (primary N) is 1. The fraction of sp³-hybridized carbons (Fsp3) is 0.750. The molecule has 0 amide bonds. The fourth-order valence-corrected chi connectivity index (χ4v) is 3.14. The number of nitrogens with zero attached hydrogens (tertiary/aromatic N) is 2. The van der Waals surface area contributed by atoms with E-state index in [2.05, 4.69) is 16.2 Å². The van der Waals surface area contributed by atoms with E-state index in [0.717, 1.165) is 29.8 Å². The maximum absolute atomic E-state index is 5.85. The Morgan fingerprint density at radius 1 is 1.53 bits per heavy atom. The Morgan fingerprint density at radius 2 is 2.35 bits per heavy atom. The van der Waals surface area contributed by atoms with E-state index in [-0.39, 0.29) is 0 Å². The molecule has 1 unspecified atom stereocenters. The van der Waals surface area contributed by atoms with Crippen LogP contribution in [0.3, 0.4) is 0 Å². The first-order chi connectivity index (χ1) is 8.26. The van der Waals surface area contributed by atoms with Gasteiger partial charge in [0.1, 0.15) is 0 Å². The number of aromatic nitrogens is 1. The molecule has 0 radical (unpaired) electrons. The molecule has 96 valence electrons. The molecule has 1 fully saturated rings. The van der Waals surface area contributed by atoms with Gasteiger partial charge in [0.25, 0.3) is 0 Å². The van der Waals surface area contributed by atoms with Crippen molar-refractivity contribution < 1.29 is 4.74 Å². The van der Waals surface area contributed by atoms with Gasteiger partial charge in [0, 0.05) is 13.1 Å². The molecule has 2 N–H and O–H groups in total. The minimum absolute atomic E-state index is 0.533. The molecule has 2 rings (SSSR count). The van der Waals surface area contributed by atoms with Crippen LogP contribution in [0.5, 0.6) is 5.75 Å². The Bertz CT molecular complexity index is 367. The zero-order chi connectivity index (χ0) is 12.3. The summed E-state index contributed by atoms with van der Waals surface area (Å²) in [5, 5.41) is 1.11. The highest BCUT2D eigenvalue weighted by molar-refractivity contribution is 7.11. The SMILES string of the molecule is CCOc1c(N)nsc1N1CCCC(CC)C1. The van der Waals surface area contributed by atoms with Crippen LogP contribution in [0.25, 0.3) is 0 Å². The number of anilines is 2. The number of hydrogen-bond acceptors (Lipinski definition) is 5. The molecule has 17 heavy (non-hydrogen) atoms. The molecule has 1 aliphatic rings. The molecule has 1 aliphatic heterocycles. The Balaban J connectivity index is 2.15. The van der Waals surface area contributed by atoms with E-state index in [1.54, 1.807) is 0 Å². The number of nitrogen functional groups attached to an aromatic ring is 1. The topological polar surface area (TPSA) is 51.4 Å². The monoisotopic (exact) mass is 255 g/mol.